The summed E-state index contributed by atoms with van der Waals surface area (Å²) in [7, 11) is -1.73. The Morgan fingerprint density at radius 3 is 2.28 bits per heavy atom. The molecule has 5 nitrogen and oxygen atoms in total. The molecular formula is C16H14F3N3O2S. The summed E-state index contributed by atoms with van der Waals surface area (Å²) in [5.74, 6) is 0. The van der Waals surface area contributed by atoms with Crippen molar-refractivity contribution in [1.29, 1.82) is 0 Å². The first-order chi connectivity index (χ1) is 11.5. The smallest absolute Gasteiger partial charge is 0.284 e. The van der Waals surface area contributed by atoms with Crippen LogP contribution in [0, 0.1) is 0 Å². The highest BCUT2D eigenvalue weighted by Gasteiger charge is 2.30. The molecule has 0 aliphatic rings. The molecule has 0 amide bonds. The number of aryl methyl sites for hydroxylation is 1. The number of alkyl halides is 3. The van der Waals surface area contributed by atoms with E-state index in [4.69, 9.17) is 0 Å². The van der Waals surface area contributed by atoms with E-state index >= 15 is 0 Å². The number of anilines is 1. The first kappa shape index (κ1) is 17.3. The third-order valence-electron chi connectivity index (χ3n) is 3.64. The Bertz CT molecular complexity index is 1040. The Balaban J connectivity index is 2.06. The molecule has 9 heteroatoms. The number of nitrogens with one attached hydrogen (secondary N) is 1. The number of benzene rings is 2. The van der Waals surface area contributed by atoms with Gasteiger partial charge in [-0.1, -0.05) is 12.1 Å². The fourth-order valence-electron chi connectivity index (χ4n) is 2.57. The van der Waals surface area contributed by atoms with Gasteiger partial charge in [0.2, 0.25) is 10.0 Å². The zero-order valence-electron chi connectivity index (χ0n) is 13.3. The van der Waals surface area contributed by atoms with Crippen LogP contribution in [0.15, 0.2) is 42.5 Å². The quantitative estimate of drug-likeness (QED) is 0.767. The highest BCUT2D eigenvalue weighted by atomic mass is 32.2. The van der Waals surface area contributed by atoms with Gasteiger partial charge >= 0.3 is 6.18 Å². The summed E-state index contributed by atoms with van der Waals surface area (Å²) in [5, 5.41) is 5.06. The molecule has 1 heterocycles. The second kappa shape index (κ2) is 5.76. The summed E-state index contributed by atoms with van der Waals surface area (Å²) >= 11 is 0. The molecule has 0 spiro atoms. The molecule has 3 aromatic rings. The molecule has 132 valence electrons. The van der Waals surface area contributed by atoms with Gasteiger partial charge < -0.3 is 0 Å². The maximum absolute atomic E-state index is 12.7. The van der Waals surface area contributed by atoms with Crippen LogP contribution in [-0.2, 0) is 23.2 Å². The lowest BCUT2D eigenvalue weighted by molar-refractivity contribution is -0.137. The summed E-state index contributed by atoms with van der Waals surface area (Å²) in [6, 6.07) is 9.64. The van der Waals surface area contributed by atoms with Crippen molar-refractivity contribution in [1.82, 2.24) is 9.78 Å². The number of sulfonamides is 1. The number of hydrogen-bond donors (Lipinski definition) is 1. The van der Waals surface area contributed by atoms with Gasteiger partial charge in [0.05, 0.1) is 23.0 Å². The maximum Gasteiger partial charge on any atom is 0.416 e. The van der Waals surface area contributed by atoms with Crippen LogP contribution in [0.25, 0.3) is 22.2 Å². The van der Waals surface area contributed by atoms with E-state index in [2.05, 4.69) is 9.82 Å². The molecule has 1 N–H and O–H groups in total. The molecule has 0 bridgehead atoms. The van der Waals surface area contributed by atoms with E-state index in [-0.39, 0.29) is 0 Å². The van der Waals surface area contributed by atoms with Crippen LogP contribution in [-0.4, -0.2) is 24.5 Å². The van der Waals surface area contributed by atoms with Gasteiger partial charge in [-0.05, 0) is 30.3 Å². The first-order valence-corrected chi connectivity index (χ1v) is 9.06. The molecule has 0 radical (unpaired) electrons. The van der Waals surface area contributed by atoms with Crippen molar-refractivity contribution in [3.05, 3.63) is 48.0 Å². The Hall–Kier alpha value is -2.55. The van der Waals surface area contributed by atoms with E-state index < -0.39 is 21.8 Å². The Labute approximate surface area is 142 Å². The number of aromatic nitrogens is 2. The molecule has 0 fully saturated rings. The van der Waals surface area contributed by atoms with Crippen molar-refractivity contribution in [2.75, 3.05) is 11.0 Å². The van der Waals surface area contributed by atoms with Crippen molar-refractivity contribution in [3.8, 4) is 11.3 Å². The highest BCUT2D eigenvalue weighted by molar-refractivity contribution is 7.92. The van der Waals surface area contributed by atoms with E-state index in [0.717, 1.165) is 18.4 Å². The SMILES string of the molecule is Cn1nc(-c2ccc(C(F)(F)F)cc2)c2ccc(NS(C)(=O)=O)cc21. The van der Waals surface area contributed by atoms with Gasteiger partial charge in [-0.3, -0.25) is 9.40 Å². The minimum Gasteiger partial charge on any atom is -0.284 e. The summed E-state index contributed by atoms with van der Waals surface area (Å²) in [6.07, 6.45) is -3.34. The predicted octanol–water partition coefficient (Wildman–Crippen LogP) is 3.63. The number of fused-ring (bicyclic) bond motifs is 1. The maximum atomic E-state index is 12.7. The fraction of sp³-hybridized carbons (Fsp3) is 0.188. The third-order valence-corrected chi connectivity index (χ3v) is 4.25. The largest absolute Gasteiger partial charge is 0.416 e. The monoisotopic (exact) mass is 369 g/mol. The minimum absolute atomic E-state index is 0.386. The van der Waals surface area contributed by atoms with Gasteiger partial charge in [-0.15, -0.1) is 0 Å². The number of hydrogen-bond acceptors (Lipinski definition) is 3. The normalized spacial score (nSPS) is 12.5. The summed E-state index contributed by atoms with van der Waals surface area (Å²) in [4.78, 5) is 0. The lowest BCUT2D eigenvalue weighted by Crippen LogP contribution is -2.09. The van der Waals surface area contributed by atoms with Gasteiger partial charge in [0, 0.05) is 18.0 Å². The van der Waals surface area contributed by atoms with Crippen LogP contribution in [0.2, 0.25) is 0 Å². The van der Waals surface area contributed by atoms with Crippen LogP contribution in [0.4, 0.5) is 18.9 Å². The van der Waals surface area contributed by atoms with E-state index in [0.29, 0.717) is 27.8 Å². The first-order valence-electron chi connectivity index (χ1n) is 7.17. The number of halogens is 3. The summed E-state index contributed by atoms with van der Waals surface area (Å²) in [6.45, 7) is 0. The van der Waals surface area contributed by atoms with Crippen LogP contribution in [0.3, 0.4) is 0 Å². The van der Waals surface area contributed by atoms with E-state index in [9.17, 15) is 21.6 Å². The van der Waals surface area contributed by atoms with Crippen molar-refractivity contribution in [2.24, 2.45) is 7.05 Å². The third kappa shape index (κ3) is 3.60. The fourth-order valence-corrected chi connectivity index (χ4v) is 3.12. The molecule has 0 unspecified atom stereocenters. The van der Waals surface area contributed by atoms with Crippen molar-refractivity contribution in [2.45, 2.75) is 6.18 Å². The number of nitrogens with zero attached hydrogens (tertiary/aromatic N) is 2. The van der Waals surface area contributed by atoms with E-state index in [1.807, 2.05) is 0 Å². The molecule has 0 atom stereocenters. The standard InChI is InChI=1S/C16H14F3N3O2S/c1-22-14-9-12(21-25(2,23)24)7-8-13(14)15(20-22)10-3-5-11(6-4-10)16(17,18)19/h3-9,21H,1-2H3. The Morgan fingerprint density at radius 2 is 1.72 bits per heavy atom. The zero-order valence-corrected chi connectivity index (χ0v) is 14.1. The Morgan fingerprint density at radius 1 is 1.08 bits per heavy atom. The van der Waals surface area contributed by atoms with Gasteiger partial charge in [-0.2, -0.15) is 18.3 Å². The molecule has 3 rings (SSSR count). The van der Waals surface area contributed by atoms with Gasteiger partial charge in [0.25, 0.3) is 0 Å². The van der Waals surface area contributed by atoms with Crippen LogP contribution in [0.1, 0.15) is 5.56 Å². The van der Waals surface area contributed by atoms with Crippen molar-refractivity contribution in [3.63, 3.8) is 0 Å². The predicted molar refractivity (Wildman–Crippen MR) is 89.6 cm³/mol. The molecule has 0 aliphatic carbocycles. The lowest BCUT2D eigenvalue weighted by atomic mass is 10.1. The lowest BCUT2D eigenvalue weighted by Gasteiger charge is -2.07. The second-order valence-corrected chi connectivity index (χ2v) is 7.40. The van der Waals surface area contributed by atoms with E-state index in [1.165, 1.54) is 12.1 Å². The molecule has 0 saturated heterocycles. The van der Waals surface area contributed by atoms with Gasteiger partial charge in [-0.25, -0.2) is 8.42 Å². The van der Waals surface area contributed by atoms with Crippen LogP contribution < -0.4 is 4.72 Å². The topological polar surface area (TPSA) is 64.0 Å². The average molecular weight is 369 g/mol. The molecule has 0 saturated carbocycles. The van der Waals surface area contributed by atoms with Crippen LogP contribution >= 0.6 is 0 Å². The molecular weight excluding hydrogens is 355 g/mol. The molecule has 2 aromatic carbocycles. The summed E-state index contributed by atoms with van der Waals surface area (Å²) in [5.41, 5.74) is 1.39. The van der Waals surface area contributed by atoms with Gasteiger partial charge in [0.15, 0.2) is 0 Å². The van der Waals surface area contributed by atoms with Crippen molar-refractivity contribution < 1.29 is 21.6 Å². The minimum atomic E-state index is -4.39. The van der Waals surface area contributed by atoms with E-state index in [1.54, 1.807) is 29.9 Å². The van der Waals surface area contributed by atoms with Crippen molar-refractivity contribution >= 4 is 26.6 Å². The molecule has 25 heavy (non-hydrogen) atoms. The Kier molecular flexibility index (Phi) is 3.98. The molecule has 1 aromatic heterocycles. The van der Waals surface area contributed by atoms with Gasteiger partial charge in [0.1, 0.15) is 5.69 Å². The molecule has 0 aliphatic heterocycles. The highest BCUT2D eigenvalue weighted by Crippen LogP contribution is 2.33. The second-order valence-electron chi connectivity index (χ2n) is 5.65. The summed E-state index contributed by atoms with van der Waals surface area (Å²) < 4.78 is 64.7. The number of rotatable bonds is 3. The zero-order chi connectivity index (χ0) is 18.4. The van der Waals surface area contributed by atoms with Crippen LogP contribution in [0.5, 0.6) is 0 Å². The average Bonchev–Trinajstić information content (AvgIpc) is 2.82.